The number of hydrogen-bond donors (Lipinski definition) is 2. The minimum atomic E-state index is -4.22. The standard InChI is InChI=1S/C11H13O5P/c1-8(9(2)12)7-16-10-3-5-11(6-4-10)17(13,14)15/h3-6H,1,7H2,2H3,(H2,13,14,15). The highest BCUT2D eigenvalue weighted by molar-refractivity contribution is 7.60. The van der Waals surface area contributed by atoms with Gasteiger partial charge in [0, 0.05) is 5.57 Å². The highest BCUT2D eigenvalue weighted by Crippen LogP contribution is 2.33. The van der Waals surface area contributed by atoms with E-state index in [9.17, 15) is 9.36 Å². The summed E-state index contributed by atoms with van der Waals surface area (Å²) in [7, 11) is -4.22. The SMILES string of the molecule is C=C(COc1ccc(P(=O)(O)O)cc1)C(C)=O. The van der Waals surface area contributed by atoms with Gasteiger partial charge in [-0.1, -0.05) is 6.58 Å². The first kappa shape index (κ1) is 13.6. The summed E-state index contributed by atoms with van der Waals surface area (Å²) < 4.78 is 16.1. The van der Waals surface area contributed by atoms with Gasteiger partial charge < -0.3 is 14.5 Å². The minimum Gasteiger partial charge on any atom is -0.489 e. The third kappa shape index (κ3) is 4.15. The van der Waals surface area contributed by atoms with E-state index in [0.717, 1.165) is 0 Å². The van der Waals surface area contributed by atoms with E-state index in [1.165, 1.54) is 31.2 Å². The van der Waals surface area contributed by atoms with Crippen LogP contribution in [0.2, 0.25) is 0 Å². The molecule has 6 heteroatoms. The van der Waals surface area contributed by atoms with Crippen LogP contribution in [0.25, 0.3) is 0 Å². The van der Waals surface area contributed by atoms with Crippen molar-refractivity contribution in [1.82, 2.24) is 0 Å². The fourth-order valence-corrected chi connectivity index (χ4v) is 1.55. The first-order valence-electron chi connectivity index (χ1n) is 4.78. The van der Waals surface area contributed by atoms with E-state index in [1.54, 1.807) is 0 Å². The summed E-state index contributed by atoms with van der Waals surface area (Å²) in [6.07, 6.45) is 0. The van der Waals surface area contributed by atoms with Crippen LogP contribution in [0.1, 0.15) is 6.92 Å². The maximum atomic E-state index is 10.9. The van der Waals surface area contributed by atoms with E-state index in [-0.39, 0.29) is 17.7 Å². The van der Waals surface area contributed by atoms with Crippen LogP contribution in [-0.2, 0) is 9.36 Å². The minimum absolute atomic E-state index is 0.0601. The summed E-state index contributed by atoms with van der Waals surface area (Å²) in [4.78, 5) is 28.6. The third-order valence-electron chi connectivity index (χ3n) is 2.08. The number of ether oxygens (including phenoxy) is 1. The van der Waals surface area contributed by atoms with Gasteiger partial charge in [-0.05, 0) is 31.2 Å². The van der Waals surface area contributed by atoms with Crippen molar-refractivity contribution >= 4 is 18.7 Å². The molecule has 0 saturated carbocycles. The van der Waals surface area contributed by atoms with Gasteiger partial charge in [0.05, 0.1) is 5.30 Å². The number of benzene rings is 1. The van der Waals surface area contributed by atoms with Crippen molar-refractivity contribution in [3.63, 3.8) is 0 Å². The molecule has 1 rings (SSSR count). The Morgan fingerprint density at radius 3 is 2.29 bits per heavy atom. The number of Topliss-reactive ketones (excluding diaryl/α,β-unsaturated/α-hetero) is 1. The number of carbonyl (C=O) groups excluding carboxylic acids is 1. The lowest BCUT2D eigenvalue weighted by Crippen LogP contribution is -2.08. The molecule has 0 heterocycles. The van der Waals surface area contributed by atoms with Gasteiger partial charge in [0.25, 0.3) is 0 Å². The first-order valence-corrected chi connectivity index (χ1v) is 6.39. The topological polar surface area (TPSA) is 83.8 Å². The third-order valence-corrected chi connectivity index (χ3v) is 3.05. The van der Waals surface area contributed by atoms with Crippen molar-refractivity contribution in [2.75, 3.05) is 6.61 Å². The number of carbonyl (C=O) groups is 1. The molecule has 2 N–H and O–H groups in total. The van der Waals surface area contributed by atoms with E-state index in [4.69, 9.17) is 14.5 Å². The average Bonchev–Trinajstić information content (AvgIpc) is 2.25. The van der Waals surface area contributed by atoms with Crippen molar-refractivity contribution in [3.8, 4) is 5.75 Å². The molecule has 1 aromatic rings. The van der Waals surface area contributed by atoms with Crippen LogP contribution in [0, 0.1) is 0 Å². The predicted octanol–water partition coefficient (Wildman–Crippen LogP) is 1.01. The average molecular weight is 256 g/mol. The van der Waals surface area contributed by atoms with Gasteiger partial charge in [-0.2, -0.15) is 0 Å². The molecule has 0 amide bonds. The zero-order chi connectivity index (χ0) is 13.1. The fourth-order valence-electron chi connectivity index (χ4n) is 1.01. The number of hydrogen-bond acceptors (Lipinski definition) is 3. The molecule has 0 aromatic heterocycles. The lowest BCUT2D eigenvalue weighted by Gasteiger charge is -2.08. The van der Waals surface area contributed by atoms with E-state index in [1.807, 2.05) is 0 Å². The Kier molecular flexibility index (Phi) is 4.23. The summed E-state index contributed by atoms with van der Waals surface area (Å²) in [5, 5.41) is -0.0738. The number of ketones is 1. The van der Waals surface area contributed by atoms with Crippen LogP contribution in [0.4, 0.5) is 0 Å². The molecule has 0 bridgehead atoms. The maximum Gasteiger partial charge on any atom is 0.356 e. The van der Waals surface area contributed by atoms with E-state index >= 15 is 0 Å². The van der Waals surface area contributed by atoms with Gasteiger partial charge in [0.15, 0.2) is 5.78 Å². The molecule has 0 fully saturated rings. The van der Waals surface area contributed by atoms with Crippen LogP contribution < -0.4 is 10.0 Å². The molecule has 0 unspecified atom stereocenters. The Bertz CT molecular complexity index is 471. The predicted molar refractivity (Wildman–Crippen MR) is 63.4 cm³/mol. The molecular formula is C11H13O5P. The molecule has 0 atom stereocenters. The first-order chi connectivity index (χ1) is 7.80. The highest BCUT2D eigenvalue weighted by Gasteiger charge is 2.16. The van der Waals surface area contributed by atoms with E-state index in [0.29, 0.717) is 11.3 Å². The molecule has 1 aromatic carbocycles. The van der Waals surface area contributed by atoms with Crippen molar-refractivity contribution in [1.29, 1.82) is 0 Å². The van der Waals surface area contributed by atoms with Crippen molar-refractivity contribution in [2.45, 2.75) is 6.92 Å². The summed E-state index contributed by atoms with van der Waals surface area (Å²) in [5.41, 5.74) is 0.337. The summed E-state index contributed by atoms with van der Waals surface area (Å²) in [6.45, 7) is 4.98. The Labute approximate surface area is 98.9 Å². The van der Waals surface area contributed by atoms with Crippen molar-refractivity contribution < 1.29 is 23.9 Å². The lowest BCUT2D eigenvalue weighted by atomic mass is 10.2. The molecular weight excluding hydrogens is 243 g/mol. The zero-order valence-corrected chi connectivity index (χ0v) is 10.2. The second-order valence-electron chi connectivity index (χ2n) is 3.49. The molecule has 17 heavy (non-hydrogen) atoms. The Hall–Kier alpha value is -1.42. The molecule has 0 radical (unpaired) electrons. The van der Waals surface area contributed by atoms with Gasteiger partial charge >= 0.3 is 7.60 Å². The second kappa shape index (κ2) is 5.27. The molecule has 0 aliphatic heterocycles. The summed E-state index contributed by atoms with van der Waals surface area (Å²) >= 11 is 0. The van der Waals surface area contributed by atoms with Gasteiger partial charge in [-0.3, -0.25) is 9.36 Å². The van der Waals surface area contributed by atoms with E-state index in [2.05, 4.69) is 6.58 Å². The van der Waals surface area contributed by atoms with Crippen LogP contribution in [0.15, 0.2) is 36.4 Å². The quantitative estimate of drug-likeness (QED) is 0.606. The van der Waals surface area contributed by atoms with Gasteiger partial charge in [-0.15, -0.1) is 0 Å². The lowest BCUT2D eigenvalue weighted by molar-refractivity contribution is -0.113. The zero-order valence-electron chi connectivity index (χ0n) is 9.29. The van der Waals surface area contributed by atoms with Gasteiger partial charge in [0.2, 0.25) is 0 Å². The van der Waals surface area contributed by atoms with Crippen LogP contribution in [0.5, 0.6) is 5.75 Å². The Morgan fingerprint density at radius 1 is 1.35 bits per heavy atom. The smallest absolute Gasteiger partial charge is 0.356 e. The van der Waals surface area contributed by atoms with Crippen molar-refractivity contribution in [3.05, 3.63) is 36.4 Å². The molecule has 0 spiro atoms. The summed E-state index contributed by atoms with van der Waals surface area (Å²) in [5.74, 6) is 0.265. The van der Waals surface area contributed by atoms with Crippen LogP contribution in [-0.4, -0.2) is 22.2 Å². The molecule has 5 nitrogen and oxygen atoms in total. The fraction of sp³-hybridized carbons (Fsp3) is 0.182. The molecule has 0 aliphatic carbocycles. The number of rotatable bonds is 5. The molecule has 0 aliphatic rings. The Morgan fingerprint density at radius 2 is 1.88 bits per heavy atom. The van der Waals surface area contributed by atoms with E-state index < -0.39 is 7.60 Å². The van der Waals surface area contributed by atoms with Crippen molar-refractivity contribution in [2.24, 2.45) is 0 Å². The Balaban J connectivity index is 2.67. The maximum absolute atomic E-state index is 10.9. The molecule has 0 saturated heterocycles. The van der Waals surface area contributed by atoms with Crippen LogP contribution in [0.3, 0.4) is 0 Å². The second-order valence-corrected chi connectivity index (χ2v) is 5.09. The van der Waals surface area contributed by atoms with Crippen LogP contribution >= 0.6 is 7.60 Å². The monoisotopic (exact) mass is 256 g/mol. The van der Waals surface area contributed by atoms with Gasteiger partial charge in [-0.25, -0.2) is 0 Å². The van der Waals surface area contributed by atoms with Gasteiger partial charge in [0.1, 0.15) is 12.4 Å². The molecule has 92 valence electrons. The highest BCUT2D eigenvalue weighted by atomic mass is 31.2. The summed E-state index contributed by atoms with van der Waals surface area (Å²) in [6, 6.07) is 5.43. The normalized spacial score (nSPS) is 11.0. The largest absolute Gasteiger partial charge is 0.489 e.